The molecule has 0 aliphatic rings. The molecule has 0 saturated heterocycles. The van der Waals surface area contributed by atoms with Crippen LogP contribution in [0.2, 0.25) is 0 Å². The van der Waals surface area contributed by atoms with E-state index in [1.807, 2.05) is 13.8 Å². The molecular formula is C5H12O. The van der Waals surface area contributed by atoms with Gasteiger partial charge in [-0.15, -0.1) is 0 Å². The first-order chi connectivity index (χ1) is 2.73. The van der Waals surface area contributed by atoms with E-state index in [0.717, 1.165) is 0 Å². The van der Waals surface area contributed by atoms with Crippen molar-refractivity contribution >= 4 is 5.78 Å². The van der Waals surface area contributed by atoms with Gasteiger partial charge in [0.1, 0.15) is 5.78 Å². The van der Waals surface area contributed by atoms with Gasteiger partial charge >= 0.3 is 0 Å². The van der Waals surface area contributed by atoms with E-state index in [-0.39, 0.29) is 5.78 Å². The monoisotopic (exact) mass is 88.1 g/mol. The van der Waals surface area contributed by atoms with Gasteiger partial charge < -0.3 is 4.79 Å². The number of hydrogen-bond donors (Lipinski definition) is 0. The molecule has 38 valence electrons. The second-order valence-electron chi connectivity index (χ2n) is 0.908. The maximum absolute atomic E-state index is 9.44. The summed E-state index contributed by atoms with van der Waals surface area (Å²) in [5, 5.41) is 0. The maximum atomic E-state index is 9.44. The van der Waals surface area contributed by atoms with E-state index in [4.69, 9.17) is 0 Å². The largest absolute Gasteiger partial charge is 0.300 e. The SMILES string of the molecule is CC.CC(C)=O. The van der Waals surface area contributed by atoms with Crippen LogP contribution in [0.3, 0.4) is 0 Å². The zero-order valence-corrected chi connectivity index (χ0v) is 4.91. The average molecular weight is 88.1 g/mol. The molecule has 0 atom stereocenters. The van der Waals surface area contributed by atoms with Gasteiger partial charge in [-0.3, -0.25) is 0 Å². The topological polar surface area (TPSA) is 17.1 Å². The highest BCUT2D eigenvalue weighted by molar-refractivity contribution is 5.72. The lowest BCUT2D eigenvalue weighted by molar-refractivity contribution is -0.114. The summed E-state index contributed by atoms with van der Waals surface area (Å²) >= 11 is 0. The molecule has 0 aliphatic carbocycles. The Bertz CT molecular complexity index is 26.9. The molecule has 1 heteroatoms. The number of carbonyl (C=O) groups is 1. The fraction of sp³-hybridized carbons (Fsp3) is 0.800. The minimum Gasteiger partial charge on any atom is -0.300 e. The summed E-state index contributed by atoms with van der Waals surface area (Å²) in [5.74, 6) is 0.167. The van der Waals surface area contributed by atoms with Crippen LogP contribution < -0.4 is 0 Å². The molecule has 0 aromatic rings. The summed E-state index contributed by atoms with van der Waals surface area (Å²) in [6.07, 6.45) is 0. The van der Waals surface area contributed by atoms with E-state index in [1.165, 1.54) is 13.8 Å². The van der Waals surface area contributed by atoms with Gasteiger partial charge in [-0.2, -0.15) is 0 Å². The Kier molecular flexibility index (Phi) is 13.5. The van der Waals surface area contributed by atoms with Crippen LogP contribution in [0.15, 0.2) is 0 Å². The minimum absolute atomic E-state index is 0.167. The molecule has 0 aliphatic heterocycles. The van der Waals surface area contributed by atoms with Crippen molar-refractivity contribution in [3.8, 4) is 0 Å². The number of hydrogen-bond acceptors (Lipinski definition) is 1. The second kappa shape index (κ2) is 8.82. The van der Waals surface area contributed by atoms with Crippen LogP contribution in [-0.4, -0.2) is 5.78 Å². The maximum Gasteiger partial charge on any atom is 0.126 e. The zero-order chi connectivity index (χ0) is 5.58. The molecule has 0 bridgehead atoms. The van der Waals surface area contributed by atoms with E-state index < -0.39 is 0 Å². The van der Waals surface area contributed by atoms with E-state index in [2.05, 4.69) is 0 Å². The second-order valence-corrected chi connectivity index (χ2v) is 0.908. The highest BCUT2D eigenvalue weighted by atomic mass is 16.1. The summed E-state index contributed by atoms with van der Waals surface area (Å²) in [7, 11) is 0. The molecule has 0 saturated carbocycles. The van der Waals surface area contributed by atoms with Gasteiger partial charge in [0.25, 0.3) is 0 Å². The molecule has 0 amide bonds. The first-order valence-corrected chi connectivity index (χ1v) is 2.20. The van der Waals surface area contributed by atoms with Crippen LogP contribution in [0.25, 0.3) is 0 Å². The Morgan fingerprint density at radius 2 is 1.17 bits per heavy atom. The Hall–Kier alpha value is -0.330. The smallest absolute Gasteiger partial charge is 0.126 e. The standard InChI is InChI=1S/C3H6O.C2H6/c1-3(2)4;1-2/h1-2H3;1-2H3. The quantitative estimate of drug-likeness (QED) is 0.439. The average Bonchev–Trinajstić information content (AvgIpc) is 1.41. The summed E-state index contributed by atoms with van der Waals surface area (Å²) in [5.41, 5.74) is 0. The van der Waals surface area contributed by atoms with E-state index in [1.54, 1.807) is 0 Å². The normalized spacial score (nSPS) is 5.33. The first-order valence-electron chi connectivity index (χ1n) is 2.20. The van der Waals surface area contributed by atoms with Crippen LogP contribution in [0.5, 0.6) is 0 Å². The van der Waals surface area contributed by atoms with Crippen LogP contribution in [0.1, 0.15) is 27.7 Å². The molecule has 0 aromatic carbocycles. The molecule has 0 unspecified atom stereocenters. The predicted octanol–water partition coefficient (Wildman–Crippen LogP) is 1.62. The van der Waals surface area contributed by atoms with Gasteiger partial charge in [0, 0.05) is 0 Å². The summed E-state index contributed by atoms with van der Waals surface area (Å²) in [6.45, 7) is 7.06. The third kappa shape index (κ3) is 240. The third-order valence-corrected chi connectivity index (χ3v) is 0. The number of rotatable bonds is 0. The van der Waals surface area contributed by atoms with Crippen molar-refractivity contribution < 1.29 is 4.79 Å². The highest BCUT2D eigenvalue weighted by Gasteiger charge is 1.62. The molecule has 0 fully saturated rings. The van der Waals surface area contributed by atoms with E-state index >= 15 is 0 Å². The van der Waals surface area contributed by atoms with Crippen molar-refractivity contribution in [2.45, 2.75) is 27.7 Å². The Morgan fingerprint density at radius 1 is 1.17 bits per heavy atom. The Morgan fingerprint density at radius 3 is 1.17 bits per heavy atom. The van der Waals surface area contributed by atoms with Crippen molar-refractivity contribution in [2.75, 3.05) is 0 Å². The van der Waals surface area contributed by atoms with Crippen molar-refractivity contribution in [2.24, 2.45) is 0 Å². The lowest BCUT2D eigenvalue weighted by Gasteiger charge is -1.56. The number of Topliss-reactive ketones (excluding diaryl/α,β-unsaturated/α-hetero) is 1. The summed E-state index contributed by atoms with van der Waals surface area (Å²) < 4.78 is 0. The summed E-state index contributed by atoms with van der Waals surface area (Å²) in [4.78, 5) is 9.44. The van der Waals surface area contributed by atoms with Gasteiger partial charge in [-0.25, -0.2) is 0 Å². The summed E-state index contributed by atoms with van der Waals surface area (Å²) in [6, 6.07) is 0. The first kappa shape index (κ1) is 9.18. The molecule has 0 heterocycles. The van der Waals surface area contributed by atoms with Crippen molar-refractivity contribution in [3.05, 3.63) is 0 Å². The van der Waals surface area contributed by atoms with Gasteiger partial charge in [-0.1, -0.05) is 13.8 Å². The molecule has 0 N–H and O–H groups in total. The molecule has 0 aromatic heterocycles. The van der Waals surface area contributed by atoms with Crippen LogP contribution in [0.4, 0.5) is 0 Å². The molecule has 0 radical (unpaired) electrons. The fourth-order valence-electron chi connectivity index (χ4n) is 0. The van der Waals surface area contributed by atoms with Gasteiger partial charge in [0.05, 0.1) is 0 Å². The van der Waals surface area contributed by atoms with Gasteiger partial charge in [0.15, 0.2) is 0 Å². The zero-order valence-electron chi connectivity index (χ0n) is 4.91. The van der Waals surface area contributed by atoms with Gasteiger partial charge in [0.2, 0.25) is 0 Å². The Labute approximate surface area is 39.4 Å². The molecular weight excluding hydrogens is 76.1 g/mol. The van der Waals surface area contributed by atoms with Crippen molar-refractivity contribution in [1.29, 1.82) is 0 Å². The van der Waals surface area contributed by atoms with Gasteiger partial charge in [-0.05, 0) is 13.8 Å². The van der Waals surface area contributed by atoms with Crippen LogP contribution in [0, 0.1) is 0 Å². The molecule has 0 spiro atoms. The van der Waals surface area contributed by atoms with E-state index in [0.29, 0.717) is 0 Å². The third-order valence-electron chi connectivity index (χ3n) is 0. The molecule has 1 nitrogen and oxygen atoms in total. The Balaban J connectivity index is 0. The van der Waals surface area contributed by atoms with Crippen LogP contribution in [-0.2, 0) is 4.79 Å². The number of ketones is 1. The molecule has 6 heavy (non-hydrogen) atoms. The van der Waals surface area contributed by atoms with Crippen molar-refractivity contribution in [1.82, 2.24) is 0 Å². The highest BCUT2D eigenvalue weighted by Crippen LogP contribution is 1.50. The lowest BCUT2D eigenvalue weighted by atomic mass is 10.6. The molecule has 0 rings (SSSR count). The predicted molar refractivity (Wildman–Crippen MR) is 27.7 cm³/mol. The number of carbonyl (C=O) groups excluding carboxylic acids is 1. The van der Waals surface area contributed by atoms with Crippen LogP contribution >= 0.6 is 0 Å². The van der Waals surface area contributed by atoms with E-state index in [9.17, 15) is 4.79 Å². The minimum atomic E-state index is 0.167. The lowest BCUT2D eigenvalue weighted by Crippen LogP contribution is -1.69. The fourth-order valence-corrected chi connectivity index (χ4v) is 0. The van der Waals surface area contributed by atoms with Crippen molar-refractivity contribution in [3.63, 3.8) is 0 Å².